The van der Waals surface area contributed by atoms with E-state index in [9.17, 15) is 4.91 Å². The maximum atomic E-state index is 10.4. The monoisotopic (exact) mass is 190 g/mol. The topological polar surface area (TPSA) is 62.1 Å². The Balaban J connectivity index is 3.92. The van der Waals surface area contributed by atoms with Gasteiger partial charge in [0.25, 0.3) is 0 Å². The Labute approximate surface area is 78.6 Å². The van der Waals surface area contributed by atoms with Crippen LogP contribution in [0.2, 0.25) is 0 Å². The van der Waals surface area contributed by atoms with Gasteiger partial charge in [-0.2, -0.15) is 0 Å². The first-order valence-electron chi connectivity index (χ1n) is 4.70. The Morgan fingerprint density at radius 3 is 2.54 bits per heavy atom. The van der Waals surface area contributed by atoms with Crippen molar-refractivity contribution in [2.45, 2.75) is 45.8 Å². The number of hydrogen-bond donors (Lipinski definition) is 1. The van der Waals surface area contributed by atoms with Crippen LogP contribution in [-0.4, -0.2) is 23.0 Å². The van der Waals surface area contributed by atoms with E-state index in [0.717, 1.165) is 19.3 Å². The van der Waals surface area contributed by atoms with E-state index in [0.29, 0.717) is 13.0 Å². The van der Waals surface area contributed by atoms with Crippen LogP contribution in [-0.2, 0) is 4.89 Å². The van der Waals surface area contributed by atoms with Crippen LogP contribution < -0.4 is 0 Å². The molecular weight excluding hydrogens is 172 g/mol. The van der Waals surface area contributed by atoms with Crippen molar-refractivity contribution in [3.63, 3.8) is 0 Å². The van der Waals surface area contributed by atoms with Gasteiger partial charge in [-0.05, 0) is 12.8 Å². The zero-order chi connectivity index (χ0) is 10.1. The molecule has 0 radical (unpaired) electrons. The number of hydrogen-bond acceptors (Lipinski definition) is 4. The van der Waals surface area contributed by atoms with Crippen LogP contribution in [0.4, 0.5) is 0 Å². The molecule has 13 heavy (non-hydrogen) atoms. The smallest absolute Gasteiger partial charge is 0.182 e. The van der Waals surface area contributed by atoms with Gasteiger partial charge in [0.2, 0.25) is 0 Å². The molecule has 1 atom stereocenters. The summed E-state index contributed by atoms with van der Waals surface area (Å²) < 4.78 is 0. The Kier molecular flexibility index (Phi) is 7.53. The van der Waals surface area contributed by atoms with Gasteiger partial charge < -0.3 is 0 Å². The molecule has 0 saturated heterocycles. The molecular formula is C8H18N2O3. The molecule has 5 heteroatoms. The van der Waals surface area contributed by atoms with Gasteiger partial charge in [-0.25, -0.2) is 15.2 Å². The number of rotatable bonds is 8. The predicted octanol–water partition coefficient (Wildman–Crippen LogP) is 2.39. The lowest BCUT2D eigenvalue weighted by molar-refractivity contribution is -0.315. The molecule has 0 amide bonds. The molecule has 0 heterocycles. The van der Waals surface area contributed by atoms with Gasteiger partial charge in [0.05, 0.1) is 5.29 Å². The molecule has 0 spiro atoms. The van der Waals surface area contributed by atoms with Crippen molar-refractivity contribution in [3.05, 3.63) is 4.91 Å². The van der Waals surface area contributed by atoms with Crippen LogP contribution in [0, 0.1) is 4.91 Å². The van der Waals surface area contributed by atoms with Gasteiger partial charge in [0.1, 0.15) is 0 Å². The van der Waals surface area contributed by atoms with Crippen molar-refractivity contribution in [2.75, 3.05) is 6.54 Å². The maximum absolute atomic E-state index is 10.4. The SMILES string of the molecule is CCCCN(N=O)C(CCC)OO. The highest BCUT2D eigenvalue weighted by molar-refractivity contribution is 4.57. The van der Waals surface area contributed by atoms with Crippen molar-refractivity contribution in [1.82, 2.24) is 5.01 Å². The second-order valence-electron chi connectivity index (χ2n) is 2.95. The zero-order valence-electron chi connectivity index (χ0n) is 8.27. The molecule has 0 aromatic carbocycles. The molecule has 1 unspecified atom stereocenters. The third-order valence-corrected chi connectivity index (χ3v) is 1.84. The molecule has 0 fully saturated rings. The van der Waals surface area contributed by atoms with Crippen LogP contribution in [0.5, 0.6) is 0 Å². The lowest BCUT2D eigenvalue weighted by Gasteiger charge is -2.22. The van der Waals surface area contributed by atoms with E-state index >= 15 is 0 Å². The molecule has 5 nitrogen and oxygen atoms in total. The molecule has 0 bridgehead atoms. The van der Waals surface area contributed by atoms with Crippen molar-refractivity contribution in [2.24, 2.45) is 5.29 Å². The van der Waals surface area contributed by atoms with Crippen molar-refractivity contribution >= 4 is 0 Å². The molecule has 0 aromatic heterocycles. The highest BCUT2D eigenvalue weighted by atomic mass is 17.1. The summed E-state index contributed by atoms with van der Waals surface area (Å²) in [4.78, 5) is 14.5. The maximum Gasteiger partial charge on any atom is 0.182 e. The Morgan fingerprint density at radius 1 is 1.46 bits per heavy atom. The number of unbranched alkanes of at least 4 members (excludes halogenated alkanes) is 1. The fourth-order valence-corrected chi connectivity index (χ4v) is 1.06. The summed E-state index contributed by atoms with van der Waals surface area (Å²) in [5.74, 6) is 0. The largest absolute Gasteiger partial charge is 0.250 e. The number of nitrogens with zero attached hydrogens (tertiary/aromatic N) is 2. The average molecular weight is 190 g/mol. The summed E-state index contributed by atoms with van der Waals surface area (Å²) in [5.41, 5.74) is 0. The Hall–Kier alpha value is -0.680. The van der Waals surface area contributed by atoms with E-state index in [1.165, 1.54) is 5.01 Å². The molecule has 0 rings (SSSR count). The van der Waals surface area contributed by atoms with E-state index in [1.54, 1.807) is 0 Å². The predicted molar refractivity (Wildman–Crippen MR) is 49.8 cm³/mol. The molecule has 0 saturated carbocycles. The van der Waals surface area contributed by atoms with Gasteiger partial charge in [0, 0.05) is 6.54 Å². The molecule has 0 aliphatic heterocycles. The summed E-state index contributed by atoms with van der Waals surface area (Å²) in [6.07, 6.45) is 2.70. The van der Waals surface area contributed by atoms with Gasteiger partial charge in [-0.3, -0.25) is 0 Å². The zero-order valence-corrected chi connectivity index (χ0v) is 8.27. The normalized spacial score (nSPS) is 12.5. The van der Waals surface area contributed by atoms with Crippen molar-refractivity contribution < 1.29 is 10.1 Å². The number of nitroso groups, excluding NO2 is 1. The summed E-state index contributed by atoms with van der Waals surface area (Å²) in [6.45, 7) is 4.51. The van der Waals surface area contributed by atoms with Crippen LogP contribution >= 0.6 is 0 Å². The molecule has 0 aliphatic carbocycles. The van der Waals surface area contributed by atoms with Gasteiger partial charge in [0.15, 0.2) is 6.23 Å². The van der Waals surface area contributed by atoms with E-state index in [2.05, 4.69) is 10.2 Å². The lowest BCUT2D eigenvalue weighted by Crippen LogP contribution is -2.32. The molecule has 0 aromatic rings. The third kappa shape index (κ3) is 4.80. The van der Waals surface area contributed by atoms with Crippen LogP contribution in [0.25, 0.3) is 0 Å². The minimum absolute atomic E-state index is 0.533. The van der Waals surface area contributed by atoms with Crippen LogP contribution in [0.15, 0.2) is 5.29 Å². The van der Waals surface area contributed by atoms with E-state index in [1.807, 2.05) is 13.8 Å². The quantitative estimate of drug-likeness (QED) is 0.276. The van der Waals surface area contributed by atoms with Crippen LogP contribution in [0.3, 0.4) is 0 Å². The second kappa shape index (κ2) is 7.94. The van der Waals surface area contributed by atoms with Crippen molar-refractivity contribution in [1.29, 1.82) is 0 Å². The Bertz CT molecular complexity index is 133. The van der Waals surface area contributed by atoms with Gasteiger partial charge in [-0.1, -0.05) is 26.7 Å². The standard InChI is InChI=1S/C8H18N2O3/c1-3-5-7-10(9-11)8(13-12)6-4-2/h8,12H,3-7H2,1-2H3. The summed E-state index contributed by atoms with van der Waals surface area (Å²) >= 11 is 0. The fourth-order valence-electron chi connectivity index (χ4n) is 1.06. The molecule has 0 aliphatic rings. The molecule has 1 N–H and O–H groups in total. The lowest BCUT2D eigenvalue weighted by atomic mass is 10.3. The van der Waals surface area contributed by atoms with Crippen LogP contribution in [0.1, 0.15) is 39.5 Å². The minimum Gasteiger partial charge on any atom is -0.250 e. The van der Waals surface area contributed by atoms with Gasteiger partial charge >= 0.3 is 0 Å². The van der Waals surface area contributed by atoms with E-state index in [4.69, 9.17) is 5.26 Å². The Morgan fingerprint density at radius 2 is 2.15 bits per heavy atom. The summed E-state index contributed by atoms with van der Waals surface area (Å²) in [6, 6.07) is 0. The first-order valence-corrected chi connectivity index (χ1v) is 4.70. The molecule has 78 valence electrons. The highest BCUT2D eigenvalue weighted by Crippen LogP contribution is 2.09. The summed E-state index contributed by atoms with van der Waals surface area (Å²) in [5, 5.41) is 12.6. The second-order valence-corrected chi connectivity index (χ2v) is 2.95. The first kappa shape index (κ1) is 12.3. The average Bonchev–Trinajstić information content (AvgIpc) is 2.17. The first-order chi connectivity index (χ1) is 6.29. The van der Waals surface area contributed by atoms with E-state index < -0.39 is 6.23 Å². The van der Waals surface area contributed by atoms with Crippen molar-refractivity contribution in [3.8, 4) is 0 Å². The third-order valence-electron chi connectivity index (χ3n) is 1.84. The van der Waals surface area contributed by atoms with Gasteiger partial charge in [-0.15, -0.1) is 4.91 Å². The minimum atomic E-state index is -0.589. The van der Waals surface area contributed by atoms with E-state index in [-0.39, 0.29) is 0 Å². The highest BCUT2D eigenvalue weighted by Gasteiger charge is 2.17. The fraction of sp³-hybridized carbons (Fsp3) is 1.00. The summed E-state index contributed by atoms with van der Waals surface area (Å²) in [7, 11) is 0.